The highest BCUT2D eigenvalue weighted by Crippen LogP contribution is 2.18. The molecule has 100 valence electrons. The predicted molar refractivity (Wildman–Crippen MR) is 81.2 cm³/mol. The van der Waals surface area contributed by atoms with Crippen molar-refractivity contribution >= 4 is 0 Å². The van der Waals surface area contributed by atoms with E-state index in [0.717, 1.165) is 23.3 Å². The maximum Gasteiger partial charge on any atom is 0.122 e. The second kappa shape index (κ2) is 12.8. The summed E-state index contributed by atoms with van der Waals surface area (Å²) in [5.41, 5.74) is 2.03. The van der Waals surface area contributed by atoms with Crippen LogP contribution in [0, 0.1) is 0 Å². The molecule has 0 amide bonds. The minimum atomic E-state index is 0. The van der Waals surface area contributed by atoms with Gasteiger partial charge in [0.2, 0.25) is 0 Å². The van der Waals surface area contributed by atoms with Crippen LogP contribution >= 0.6 is 0 Å². The Morgan fingerprint density at radius 2 is 1.71 bits per heavy atom. The fourth-order valence-electron chi connectivity index (χ4n) is 1.05. The lowest BCUT2D eigenvalue weighted by molar-refractivity contribution is 0.153. The van der Waals surface area contributed by atoms with E-state index in [-0.39, 0.29) is 13.5 Å². The molecule has 0 unspecified atom stereocenters. The maximum absolute atomic E-state index is 5.60. The molecule has 0 saturated carbocycles. The molecule has 0 spiro atoms. The summed E-state index contributed by atoms with van der Waals surface area (Å²) in [5, 5.41) is 0. The Morgan fingerprint density at radius 1 is 1.24 bits per heavy atom. The fourth-order valence-corrected chi connectivity index (χ4v) is 1.05. The minimum absolute atomic E-state index is 0. The van der Waals surface area contributed by atoms with Crippen LogP contribution in [0.25, 0.3) is 0 Å². The molecule has 0 heterocycles. The lowest BCUT2D eigenvalue weighted by Gasteiger charge is -2.15. The van der Waals surface area contributed by atoms with E-state index in [2.05, 4.69) is 19.7 Å². The summed E-state index contributed by atoms with van der Waals surface area (Å²) >= 11 is 0. The van der Waals surface area contributed by atoms with Crippen molar-refractivity contribution in [1.29, 1.82) is 0 Å². The van der Waals surface area contributed by atoms with E-state index in [1.807, 2.05) is 40.7 Å². The van der Waals surface area contributed by atoms with Crippen LogP contribution in [0.3, 0.4) is 0 Å². The molecule has 1 nitrogen and oxygen atoms in total. The first-order chi connectivity index (χ1) is 7.47. The molecule has 0 radical (unpaired) electrons. The van der Waals surface area contributed by atoms with Crippen molar-refractivity contribution in [1.82, 2.24) is 0 Å². The van der Waals surface area contributed by atoms with E-state index < -0.39 is 0 Å². The van der Waals surface area contributed by atoms with Crippen molar-refractivity contribution < 1.29 is 4.74 Å². The van der Waals surface area contributed by atoms with Gasteiger partial charge in [-0.05, 0) is 38.8 Å². The fraction of sp³-hybridized carbons (Fsp3) is 0.500. The Hall–Kier alpha value is -1.24. The first kappa shape index (κ1) is 21.1. The lowest BCUT2D eigenvalue weighted by Crippen LogP contribution is -2.04. The zero-order chi connectivity index (χ0) is 13.1. The molecule has 0 bridgehead atoms. The summed E-state index contributed by atoms with van der Waals surface area (Å²) in [6.07, 6.45) is 4.47. The molecule has 0 N–H and O–H groups in total. The average Bonchev–Trinajstić information content (AvgIpc) is 2.18. The van der Waals surface area contributed by atoms with Crippen molar-refractivity contribution in [2.75, 3.05) is 0 Å². The molecular weight excluding hydrogens is 208 g/mol. The van der Waals surface area contributed by atoms with Crippen molar-refractivity contribution in [2.45, 2.75) is 54.6 Å². The van der Waals surface area contributed by atoms with E-state index in [0.29, 0.717) is 0 Å². The van der Waals surface area contributed by atoms with Gasteiger partial charge < -0.3 is 4.74 Å². The zero-order valence-corrected chi connectivity index (χ0v) is 11.5. The zero-order valence-electron chi connectivity index (χ0n) is 11.5. The molecule has 0 aromatic rings. The summed E-state index contributed by atoms with van der Waals surface area (Å²) in [7, 11) is 0. The summed E-state index contributed by atoms with van der Waals surface area (Å²) in [4.78, 5) is 0. The molecule has 0 saturated heterocycles. The normalized spacial score (nSPS) is 9.65. The topological polar surface area (TPSA) is 9.23 Å². The summed E-state index contributed by atoms with van der Waals surface area (Å²) in [6.45, 7) is 21.4. The Kier molecular flexibility index (Phi) is 15.9. The highest BCUT2D eigenvalue weighted by molar-refractivity contribution is 5.29. The van der Waals surface area contributed by atoms with E-state index in [1.165, 1.54) is 0 Å². The highest BCUT2D eigenvalue weighted by Gasteiger charge is 2.05. The van der Waals surface area contributed by atoms with Crippen molar-refractivity contribution in [3.63, 3.8) is 0 Å². The number of allylic oxidation sites excluding steroid dienone is 4. The third kappa shape index (κ3) is 12.7. The smallest absolute Gasteiger partial charge is 0.122 e. The van der Waals surface area contributed by atoms with Gasteiger partial charge in [-0.15, -0.1) is 0 Å². The van der Waals surface area contributed by atoms with Crippen LogP contribution in [0.2, 0.25) is 0 Å². The van der Waals surface area contributed by atoms with Gasteiger partial charge in [0.05, 0.1) is 6.10 Å². The molecule has 0 aliphatic carbocycles. The van der Waals surface area contributed by atoms with Gasteiger partial charge in [0.1, 0.15) is 5.76 Å². The predicted octanol–water partition coefficient (Wildman–Crippen LogP) is 5.67. The Morgan fingerprint density at radius 3 is 2.00 bits per heavy atom. The van der Waals surface area contributed by atoms with Gasteiger partial charge in [0.15, 0.2) is 0 Å². The molecule has 0 aliphatic heterocycles. The average molecular weight is 238 g/mol. The third-order valence-electron chi connectivity index (χ3n) is 1.50. The van der Waals surface area contributed by atoms with Crippen molar-refractivity contribution in [2.24, 2.45) is 0 Å². The van der Waals surface area contributed by atoms with E-state index in [1.54, 1.807) is 6.08 Å². The van der Waals surface area contributed by atoms with Crippen molar-refractivity contribution in [3.8, 4) is 0 Å². The molecule has 0 fully saturated rings. The number of rotatable bonds is 6. The van der Waals surface area contributed by atoms with Gasteiger partial charge in [-0.2, -0.15) is 0 Å². The number of hydrogen-bond acceptors (Lipinski definition) is 1. The van der Waals surface area contributed by atoms with E-state index in [9.17, 15) is 0 Å². The van der Waals surface area contributed by atoms with Crippen LogP contribution in [-0.2, 0) is 4.74 Å². The number of hydrogen-bond donors (Lipinski definition) is 0. The van der Waals surface area contributed by atoms with Gasteiger partial charge in [0, 0.05) is 0 Å². The van der Waals surface area contributed by atoms with Gasteiger partial charge in [-0.1, -0.05) is 52.7 Å². The van der Waals surface area contributed by atoms with E-state index in [4.69, 9.17) is 4.74 Å². The Labute approximate surface area is 109 Å². The minimum Gasteiger partial charge on any atom is -0.491 e. The van der Waals surface area contributed by atoms with Crippen LogP contribution in [0.5, 0.6) is 0 Å². The summed E-state index contributed by atoms with van der Waals surface area (Å²) in [5.74, 6) is 0.804. The van der Waals surface area contributed by atoms with Gasteiger partial charge >= 0.3 is 0 Å². The molecular formula is C16H30O. The summed E-state index contributed by atoms with van der Waals surface area (Å²) in [6, 6.07) is 0. The van der Waals surface area contributed by atoms with Crippen molar-refractivity contribution in [3.05, 3.63) is 48.8 Å². The van der Waals surface area contributed by atoms with Crippen LogP contribution in [0.4, 0.5) is 0 Å². The standard InChI is InChI=1S/C13H20O.C2H6.CH4/c1-7-8-13(14-11(4)5)12(6)9-10(2)3;1-2;/h7-8,11H,1-2,6,9H2,3-5H3;1-2H3;1H4/b13-8+;;. The Balaban J connectivity index is -0.000000616. The Bertz CT molecular complexity index is 257. The van der Waals surface area contributed by atoms with Gasteiger partial charge in [0.25, 0.3) is 0 Å². The molecule has 0 aromatic heterocycles. The lowest BCUT2D eigenvalue weighted by atomic mass is 10.1. The second-order valence-corrected chi connectivity index (χ2v) is 3.67. The van der Waals surface area contributed by atoms with Gasteiger partial charge in [-0.25, -0.2) is 0 Å². The van der Waals surface area contributed by atoms with Crippen LogP contribution < -0.4 is 0 Å². The quantitative estimate of drug-likeness (QED) is 0.329. The highest BCUT2D eigenvalue weighted by atomic mass is 16.5. The number of ether oxygens (including phenoxy) is 1. The second-order valence-electron chi connectivity index (χ2n) is 3.67. The first-order valence-electron chi connectivity index (χ1n) is 5.79. The third-order valence-corrected chi connectivity index (χ3v) is 1.50. The van der Waals surface area contributed by atoms with Gasteiger partial charge in [-0.3, -0.25) is 0 Å². The van der Waals surface area contributed by atoms with Crippen LogP contribution in [0.1, 0.15) is 48.5 Å². The molecule has 0 atom stereocenters. The largest absolute Gasteiger partial charge is 0.491 e. The maximum atomic E-state index is 5.60. The molecule has 0 rings (SSSR count). The van der Waals surface area contributed by atoms with Crippen LogP contribution in [0.15, 0.2) is 48.8 Å². The van der Waals surface area contributed by atoms with Crippen LogP contribution in [-0.4, -0.2) is 6.10 Å². The molecule has 0 aromatic carbocycles. The molecule has 0 aliphatic rings. The molecule has 1 heteroatoms. The van der Waals surface area contributed by atoms with E-state index >= 15 is 0 Å². The first-order valence-corrected chi connectivity index (χ1v) is 5.79. The summed E-state index contributed by atoms with van der Waals surface area (Å²) < 4.78 is 5.60. The molecule has 17 heavy (non-hydrogen) atoms. The SMILES string of the molecule is C.C=C/C=C(/OC(C)C)C(=C)CC(=C)C.CC. The monoisotopic (exact) mass is 238 g/mol.